The Balaban J connectivity index is 2.59. The van der Waals surface area contributed by atoms with Gasteiger partial charge in [0.05, 0.1) is 6.20 Å². The van der Waals surface area contributed by atoms with E-state index in [2.05, 4.69) is 10.1 Å². The van der Waals surface area contributed by atoms with Crippen molar-refractivity contribution in [3.05, 3.63) is 30.7 Å². The first kappa shape index (κ1) is 7.79. The highest BCUT2D eigenvalue weighted by molar-refractivity contribution is 5.65. The zero-order valence-electron chi connectivity index (χ0n) is 7.18. The van der Waals surface area contributed by atoms with Crippen molar-refractivity contribution in [3.8, 4) is 17.0 Å². The van der Waals surface area contributed by atoms with Crippen molar-refractivity contribution in [1.82, 2.24) is 14.8 Å². The molecular formula is C9H9N3O. The number of pyridine rings is 1. The fourth-order valence-corrected chi connectivity index (χ4v) is 1.27. The minimum absolute atomic E-state index is 0.189. The predicted octanol–water partition coefficient (Wildman–Crippen LogP) is 1.19. The molecule has 0 bridgehead atoms. The van der Waals surface area contributed by atoms with Crippen LogP contribution >= 0.6 is 0 Å². The van der Waals surface area contributed by atoms with Gasteiger partial charge in [-0.25, -0.2) is 0 Å². The Morgan fingerprint density at radius 1 is 1.31 bits per heavy atom. The van der Waals surface area contributed by atoms with E-state index in [1.165, 1.54) is 6.20 Å². The monoisotopic (exact) mass is 175 g/mol. The van der Waals surface area contributed by atoms with Crippen LogP contribution in [0, 0.1) is 0 Å². The second-order valence-corrected chi connectivity index (χ2v) is 2.74. The summed E-state index contributed by atoms with van der Waals surface area (Å²) in [5, 5.41) is 13.4. The van der Waals surface area contributed by atoms with Crippen LogP contribution in [-0.2, 0) is 7.05 Å². The van der Waals surface area contributed by atoms with E-state index in [1.807, 2.05) is 12.1 Å². The molecule has 1 N–H and O–H groups in total. The molecule has 2 aromatic heterocycles. The minimum Gasteiger partial charge on any atom is -0.504 e. The summed E-state index contributed by atoms with van der Waals surface area (Å²) in [6.07, 6.45) is 4.79. The molecule has 0 amide bonds. The summed E-state index contributed by atoms with van der Waals surface area (Å²) in [6, 6.07) is 3.66. The number of aromatic hydroxyl groups is 1. The van der Waals surface area contributed by atoms with Crippen molar-refractivity contribution >= 4 is 0 Å². The molecule has 0 spiro atoms. The highest BCUT2D eigenvalue weighted by Gasteiger charge is 2.08. The standard InChI is InChI=1S/C9H9N3O/c1-12-9(8(13)6-11-12)7-2-4-10-5-3-7/h2-6,13H,1H3. The molecule has 0 aliphatic carbocycles. The predicted molar refractivity (Wildman–Crippen MR) is 48.1 cm³/mol. The number of aryl methyl sites for hydroxylation is 1. The van der Waals surface area contributed by atoms with E-state index in [4.69, 9.17) is 0 Å². The van der Waals surface area contributed by atoms with Gasteiger partial charge in [-0.3, -0.25) is 9.67 Å². The van der Waals surface area contributed by atoms with Gasteiger partial charge < -0.3 is 5.11 Å². The van der Waals surface area contributed by atoms with Gasteiger partial charge in [0.15, 0.2) is 5.75 Å². The van der Waals surface area contributed by atoms with Crippen molar-refractivity contribution in [2.24, 2.45) is 7.05 Å². The largest absolute Gasteiger partial charge is 0.504 e. The van der Waals surface area contributed by atoms with E-state index >= 15 is 0 Å². The van der Waals surface area contributed by atoms with Crippen LogP contribution in [0.2, 0.25) is 0 Å². The number of hydrogen-bond donors (Lipinski definition) is 1. The summed E-state index contributed by atoms with van der Waals surface area (Å²) < 4.78 is 1.63. The summed E-state index contributed by atoms with van der Waals surface area (Å²) >= 11 is 0. The Labute approximate surface area is 75.5 Å². The van der Waals surface area contributed by atoms with Gasteiger partial charge in [-0.05, 0) is 12.1 Å². The quantitative estimate of drug-likeness (QED) is 0.708. The van der Waals surface area contributed by atoms with Gasteiger partial charge >= 0.3 is 0 Å². The van der Waals surface area contributed by atoms with Crippen molar-refractivity contribution < 1.29 is 5.11 Å². The maximum atomic E-state index is 9.48. The molecule has 0 fully saturated rings. The van der Waals surface area contributed by atoms with E-state index < -0.39 is 0 Å². The van der Waals surface area contributed by atoms with Gasteiger partial charge in [-0.15, -0.1) is 0 Å². The normalized spacial score (nSPS) is 10.2. The molecule has 0 radical (unpaired) electrons. The molecule has 0 unspecified atom stereocenters. The first-order valence-corrected chi connectivity index (χ1v) is 3.90. The Bertz CT molecular complexity index is 389. The first-order chi connectivity index (χ1) is 6.29. The smallest absolute Gasteiger partial charge is 0.161 e. The highest BCUT2D eigenvalue weighted by Crippen LogP contribution is 2.26. The van der Waals surface area contributed by atoms with Crippen molar-refractivity contribution in [2.45, 2.75) is 0 Å². The SMILES string of the molecule is Cn1ncc(O)c1-c1ccncc1. The molecule has 0 aromatic carbocycles. The summed E-state index contributed by atoms with van der Waals surface area (Å²) in [7, 11) is 1.79. The van der Waals surface area contributed by atoms with E-state index in [1.54, 1.807) is 24.1 Å². The van der Waals surface area contributed by atoms with Gasteiger partial charge in [-0.2, -0.15) is 5.10 Å². The molecule has 4 heteroatoms. The molecule has 0 saturated carbocycles. The second kappa shape index (κ2) is 2.90. The lowest BCUT2D eigenvalue weighted by atomic mass is 10.2. The maximum absolute atomic E-state index is 9.48. The lowest BCUT2D eigenvalue weighted by molar-refractivity contribution is 0.477. The summed E-state index contributed by atoms with van der Waals surface area (Å²) in [4.78, 5) is 3.90. The van der Waals surface area contributed by atoms with Crippen LogP contribution in [0.3, 0.4) is 0 Å². The molecule has 4 nitrogen and oxygen atoms in total. The Hall–Kier alpha value is -1.84. The van der Waals surface area contributed by atoms with Crippen LogP contribution in [0.1, 0.15) is 0 Å². The number of rotatable bonds is 1. The zero-order chi connectivity index (χ0) is 9.26. The number of nitrogens with zero attached hydrogens (tertiary/aromatic N) is 3. The third kappa shape index (κ3) is 1.26. The lowest BCUT2D eigenvalue weighted by Crippen LogP contribution is -1.93. The van der Waals surface area contributed by atoms with Gasteiger partial charge in [0.2, 0.25) is 0 Å². The molecule has 13 heavy (non-hydrogen) atoms. The number of aromatic nitrogens is 3. The zero-order valence-corrected chi connectivity index (χ0v) is 7.18. The molecule has 2 rings (SSSR count). The Morgan fingerprint density at radius 3 is 2.54 bits per heavy atom. The van der Waals surface area contributed by atoms with Crippen LogP contribution in [-0.4, -0.2) is 19.9 Å². The molecular weight excluding hydrogens is 166 g/mol. The minimum atomic E-state index is 0.189. The van der Waals surface area contributed by atoms with Crippen LogP contribution < -0.4 is 0 Å². The molecule has 66 valence electrons. The highest BCUT2D eigenvalue weighted by atomic mass is 16.3. The van der Waals surface area contributed by atoms with Gasteiger partial charge in [0.25, 0.3) is 0 Å². The van der Waals surface area contributed by atoms with Crippen LogP contribution in [0.5, 0.6) is 5.75 Å². The summed E-state index contributed by atoms with van der Waals surface area (Å²) in [6.45, 7) is 0. The molecule has 2 heterocycles. The maximum Gasteiger partial charge on any atom is 0.161 e. The number of hydrogen-bond acceptors (Lipinski definition) is 3. The third-order valence-electron chi connectivity index (χ3n) is 1.87. The topological polar surface area (TPSA) is 50.9 Å². The molecule has 2 aromatic rings. The van der Waals surface area contributed by atoms with Crippen molar-refractivity contribution in [1.29, 1.82) is 0 Å². The van der Waals surface area contributed by atoms with Crippen LogP contribution in [0.4, 0.5) is 0 Å². The fourth-order valence-electron chi connectivity index (χ4n) is 1.27. The summed E-state index contributed by atoms with van der Waals surface area (Å²) in [5.74, 6) is 0.189. The van der Waals surface area contributed by atoms with Gasteiger partial charge in [0, 0.05) is 25.0 Å². The Kier molecular flexibility index (Phi) is 1.73. The second-order valence-electron chi connectivity index (χ2n) is 2.74. The van der Waals surface area contributed by atoms with Crippen molar-refractivity contribution in [3.63, 3.8) is 0 Å². The molecule has 0 aliphatic heterocycles. The lowest BCUT2D eigenvalue weighted by Gasteiger charge is -2.01. The van der Waals surface area contributed by atoms with E-state index in [0.29, 0.717) is 5.69 Å². The molecule has 0 atom stereocenters. The fraction of sp³-hybridized carbons (Fsp3) is 0.111. The van der Waals surface area contributed by atoms with E-state index in [0.717, 1.165) is 5.56 Å². The van der Waals surface area contributed by atoms with Crippen LogP contribution in [0.25, 0.3) is 11.3 Å². The molecule has 0 aliphatic rings. The van der Waals surface area contributed by atoms with Gasteiger partial charge in [0.1, 0.15) is 5.69 Å². The van der Waals surface area contributed by atoms with E-state index in [9.17, 15) is 5.11 Å². The first-order valence-electron chi connectivity index (χ1n) is 3.90. The average molecular weight is 175 g/mol. The van der Waals surface area contributed by atoms with Gasteiger partial charge in [-0.1, -0.05) is 0 Å². The van der Waals surface area contributed by atoms with Crippen molar-refractivity contribution in [2.75, 3.05) is 0 Å². The summed E-state index contributed by atoms with van der Waals surface area (Å²) in [5.41, 5.74) is 1.62. The molecule has 0 saturated heterocycles. The Morgan fingerprint density at radius 2 is 2.00 bits per heavy atom. The average Bonchev–Trinajstić information content (AvgIpc) is 2.48. The van der Waals surface area contributed by atoms with Crippen LogP contribution in [0.15, 0.2) is 30.7 Å². The third-order valence-corrected chi connectivity index (χ3v) is 1.87. The van der Waals surface area contributed by atoms with E-state index in [-0.39, 0.29) is 5.75 Å².